The summed E-state index contributed by atoms with van der Waals surface area (Å²) in [6, 6.07) is -12.6. The molecule has 0 aliphatic rings. The lowest BCUT2D eigenvalue weighted by atomic mass is 10.00. The molecule has 0 saturated heterocycles. The number of nitrogens with one attached hydrogen (secondary N) is 8. The highest BCUT2D eigenvalue weighted by atomic mass is 32.1. The second-order valence-electron chi connectivity index (χ2n) is 20.3. The number of aliphatic imine (C=N–C) groups is 5. The number of aliphatic hydroxyl groups is 1. The minimum atomic E-state index is -1.79. The molecule has 478 valence electrons. The van der Waals surface area contributed by atoms with Crippen LogP contribution in [0.5, 0.6) is 0 Å². The molecule has 0 aromatic rings. The number of carbonyl (C=O) groups is 9. The van der Waals surface area contributed by atoms with Gasteiger partial charge in [0.05, 0.1) is 12.6 Å². The van der Waals surface area contributed by atoms with Gasteiger partial charge >= 0.3 is 5.97 Å². The predicted molar refractivity (Wildman–Crippen MR) is 320 cm³/mol. The lowest BCUT2D eigenvalue weighted by Crippen LogP contribution is -2.61. The first-order valence-electron chi connectivity index (χ1n) is 27.3. The highest BCUT2D eigenvalue weighted by molar-refractivity contribution is 7.80. The number of hydrogen-bond donors (Lipinski definition) is 22. The molecule has 0 aromatic heterocycles. The Kier molecular flexibility index (Phi) is 37.7. The minimum absolute atomic E-state index is 0.00231. The van der Waals surface area contributed by atoms with Crippen LogP contribution in [0.15, 0.2) is 25.0 Å². The van der Waals surface area contributed by atoms with E-state index in [0.29, 0.717) is 6.42 Å². The third-order valence-corrected chi connectivity index (χ3v) is 12.3. The molecular formula is C48H94N24O11S. The Morgan fingerprint density at radius 3 is 0.881 bits per heavy atom. The van der Waals surface area contributed by atoms with E-state index in [1.807, 2.05) is 27.7 Å². The number of nitrogens with two attached hydrogens (primary N) is 11. The summed E-state index contributed by atoms with van der Waals surface area (Å²) < 4.78 is 0. The lowest BCUT2D eigenvalue weighted by molar-refractivity contribution is -0.142. The number of aliphatic hydroxyl groups excluding tert-OH is 1. The Bertz CT molecular complexity index is 2270. The Morgan fingerprint density at radius 2 is 0.607 bits per heavy atom. The fourth-order valence-corrected chi connectivity index (χ4v) is 8.00. The number of thiol groups is 1. The van der Waals surface area contributed by atoms with E-state index < -0.39 is 114 Å². The summed E-state index contributed by atoms with van der Waals surface area (Å²) in [6.45, 7) is 6.39. The Morgan fingerprint density at radius 1 is 0.369 bits per heavy atom. The van der Waals surface area contributed by atoms with Crippen LogP contribution in [-0.2, 0) is 43.2 Å². The van der Waals surface area contributed by atoms with Gasteiger partial charge in [-0.1, -0.05) is 27.7 Å². The van der Waals surface area contributed by atoms with Gasteiger partial charge in [-0.15, -0.1) is 0 Å². The van der Waals surface area contributed by atoms with E-state index in [1.54, 1.807) is 0 Å². The van der Waals surface area contributed by atoms with Gasteiger partial charge in [0.1, 0.15) is 48.3 Å². The van der Waals surface area contributed by atoms with Gasteiger partial charge in [0.2, 0.25) is 47.3 Å². The van der Waals surface area contributed by atoms with Crippen molar-refractivity contribution in [1.29, 1.82) is 0 Å². The van der Waals surface area contributed by atoms with Gasteiger partial charge in [0, 0.05) is 38.5 Å². The molecule has 0 aliphatic heterocycles. The maximum Gasteiger partial charge on any atom is 0.326 e. The fourth-order valence-electron chi connectivity index (χ4n) is 7.74. The number of rotatable bonds is 43. The van der Waals surface area contributed by atoms with E-state index in [0.717, 1.165) is 0 Å². The average molecular weight is 1220 g/mol. The van der Waals surface area contributed by atoms with Crippen LogP contribution in [-0.4, -0.2) is 193 Å². The van der Waals surface area contributed by atoms with E-state index in [2.05, 4.69) is 80.1 Å². The zero-order chi connectivity index (χ0) is 64.1. The summed E-state index contributed by atoms with van der Waals surface area (Å²) in [6.07, 6.45) is 0.324. The standard InChI is InChI=1S/C48H94N24O11S/c1-24(2)20-26(49)35(74)70-32(21-25(3)4)40(79)67-30(13-8-18-63-47(56)57)39(78)72-34(23-84)42(81)71-33(22-73)41(80)68-28(11-6-16-61-45(52)53)37(76)65-27(10-5-15-60-44(50)51)36(75)66-29(12-7-17-62-46(54)55)38(77)69-31(43(82)83)14-9-19-64-48(58)59/h24-34,73,84H,5-23,49H2,1-4H3,(H,65,76)(H,66,75)(H,67,79)(H,68,80)(H,69,77)(H,70,74)(H,71,81)(H,72,78)(H,82,83)(H4,50,51,60)(H4,52,53,61)(H4,54,55,62)(H4,56,57,63)(H4,58,59,64)/t26-,27-,28-,29-,30-,31-,32-,33-,34-/m0/s1. The van der Waals surface area contributed by atoms with Crippen molar-refractivity contribution in [3.05, 3.63) is 0 Å². The molecule has 0 aromatic carbocycles. The van der Waals surface area contributed by atoms with Crippen molar-refractivity contribution in [2.24, 2.45) is 99.9 Å². The molecule has 0 radical (unpaired) electrons. The van der Waals surface area contributed by atoms with Crippen LogP contribution in [0.4, 0.5) is 0 Å². The second kappa shape index (κ2) is 41.8. The zero-order valence-electron chi connectivity index (χ0n) is 48.4. The minimum Gasteiger partial charge on any atom is -0.480 e. The third kappa shape index (κ3) is 34.3. The van der Waals surface area contributed by atoms with Crippen molar-refractivity contribution >= 4 is 95.7 Å². The largest absolute Gasteiger partial charge is 0.480 e. The number of carboxylic acids is 1. The molecule has 9 atom stereocenters. The number of aliphatic carboxylic acids is 1. The van der Waals surface area contributed by atoms with E-state index in [4.69, 9.17) is 63.1 Å². The van der Waals surface area contributed by atoms with Gasteiger partial charge in [0.15, 0.2) is 29.8 Å². The molecule has 0 unspecified atom stereocenters. The monoisotopic (exact) mass is 1210 g/mol. The third-order valence-electron chi connectivity index (χ3n) is 11.9. The van der Waals surface area contributed by atoms with Crippen LogP contribution in [0.3, 0.4) is 0 Å². The van der Waals surface area contributed by atoms with Crippen molar-refractivity contribution in [2.45, 2.75) is 159 Å². The van der Waals surface area contributed by atoms with Crippen LogP contribution in [0.1, 0.15) is 105 Å². The predicted octanol–water partition coefficient (Wildman–Crippen LogP) is -8.44. The summed E-state index contributed by atoms with van der Waals surface area (Å²) in [5, 5.41) is 40.5. The van der Waals surface area contributed by atoms with Gasteiger partial charge in [-0.25, -0.2) is 4.79 Å². The summed E-state index contributed by atoms with van der Waals surface area (Å²) in [7, 11) is 0. The average Bonchev–Trinajstić information content (AvgIpc) is 3.59. The number of carboxylic acid groups (broad SMARTS) is 1. The number of hydrogen-bond acceptors (Lipinski definition) is 17. The van der Waals surface area contributed by atoms with Crippen molar-refractivity contribution in [1.82, 2.24) is 42.5 Å². The molecule has 35 nitrogen and oxygen atoms in total. The summed E-state index contributed by atoms with van der Waals surface area (Å²) in [4.78, 5) is 142. The van der Waals surface area contributed by atoms with Crippen molar-refractivity contribution in [2.75, 3.05) is 45.1 Å². The first-order valence-corrected chi connectivity index (χ1v) is 28.0. The lowest BCUT2D eigenvalue weighted by Gasteiger charge is -2.28. The van der Waals surface area contributed by atoms with Crippen molar-refractivity contribution in [3.63, 3.8) is 0 Å². The molecule has 0 spiro atoms. The molecular weight excluding hydrogens is 1120 g/mol. The fraction of sp³-hybridized carbons (Fsp3) is 0.708. The first-order chi connectivity index (χ1) is 39.4. The molecule has 0 bridgehead atoms. The molecule has 8 amide bonds. The number of carbonyl (C=O) groups excluding carboxylic acids is 8. The maximum atomic E-state index is 14.3. The van der Waals surface area contributed by atoms with Gasteiger partial charge in [0.25, 0.3) is 0 Å². The maximum absolute atomic E-state index is 14.3. The van der Waals surface area contributed by atoms with Gasteiger partial charge < -0.3 is 116 Å². The van der Waals surface area contributed by atoms with Crippen LogP contribution < -0.4 is 106 Å². The smallest absolute Gasteiger partial charge is 0.326 e. The highest BCUT2D eigenvalue weighted by Gasteiger charge is 2.35. The SMILES string of the molecule is CC(C)C[C@H](NC(=O)[C@@H](N)CC(C)C)C(=O)N[C@@H](CCCN=C(N)N)C(=O)N[C@@H](CS)C(=O)N[C@@H](CO)C(=O)N[C@@H](CCCN=C(N)N)C(=O)N[C@@H](CCCN=C(N)N)C(=O)N[C@@H](CCCN=C(N)N)C(=O)N[C@@H](CCCN=C(N)N)C(=O)O. The molecule has 0 saturated carbocycles. The molecule has 32 N–H and O–H groups in total. The highest BCUT2D eigenvalue weighted by Crippen LogP contribution is 2.12. The van der Waals surface area contributed by atoms with E-state index in [-0.39, 0.29) is 151 Å². The normalized spacial score (nSPS) is 14.1. The molecule has 0 heterocycles. The number of amides is 8. The zero-order valence-corrected chi connectivity index (χ0v) is 49.3. The van der Waals surface area contributed by atoms with Crippen LogP contribution in [0.2, 0.25) is 0 Å². The topological polar surface area (TPSA) is 638 Å². The Hall–Kier alpha value is -8.15. The molecule has 0 aliphatic carbocycles. The van der Waals surface area contributed by atoms with Crippen molar-refractivity contribution < 1.29 is 53.4 Å². The van der Waals surface area contributed by atoms with Crippen LogP contribution in [0.25, 0.3) is 0 Å². The summed E-state index contributed by atoms with van der Waals surface area (Å²) in [5.41, 5.74) is 60.7. The van der Waals surface area contributed by atoms with Crippen LogP contribution >= 0.6 is 12.6 Å². The molecule has 0 fully saturated rings. The molecule has 84 heavy (non-hydrogen) atoms. The van der Waals surface area contributed by atoms with E-state index in [1.165, 1.54) is 0 Å². The Labute approximate surface area is 494 Å². The van der Waals surface area contributed by atoms with E-state index >= 15 is 0 Å². The van der Waals surface area contributed by atoms with Gasteiger partial charge in [-0.05, 0) is 88.9 Å². The number of guanidine groups is 5. The summed E-state index contributed by atoms with van der Waals surface area (Å²) >= 11 is 4.23. The van der Waals surface area contributed by atoms with Crippen molar-refractivity contribution in [3.8, 4) is 0 Å². The second-order valence-corrected chi connectivity index (χ2v) is 20.7. The first kappa shape index (κ1) is 75.8. The van der Waals surface area contributed by atoms with Gasteiger partial charge in [-0.2, -0.15) is 12.6 Å². The van der Waals surface area contributed by atoms with E-state index in [9.17, 15) is 53.4 Å². The molecule has 0 rings (SSSR count). The quantitative estimate of drug-likeness (QED) is 0.0117. The molecule has 36 heteroatoms. The Balaban J connectivity index is 6.91. The van der Waals surface area contributed by atoms with Crippen LogP contribution in [0, 0.1) is 11.8 Å². The summed E-state index contributed by atoms with van der Waals surface area (Å²) in [5.74, 6) is -10.2. The number of nitrogens with zero attached hydrogens (tertiary/aromatic N) is 5. The van der Waals surface area contributed by atoms with Gasteiger partial charge in [-0.3, -0.25) is 63.3 Å².